The normalized spacial score (nSPS) is 14.9. The molecule has 2 aromatic carbocycles. The number of carbonyl (C=O) groups excluding carboxylic acids is 1. The molecule has 0 spiro atoms. The number of nitrogens with zero attached hydrogens (tertiary/aromatic N) is 4. The lowest BCUT2D eigenvalue weighted by Crippen LogP contribution is -2.48. The van der Waals surface area contributed by atoms with Gasteiger partial charge >= 0.3 is 0 Å². The van der Waals surface area contributed by atoms with Crippen molar-refractivity contribution in [3.8, 4) is 11.5 Å². The highest BCUT2D eigenvalue weighted by atomic mass is 35.5. The molecule has 0 aliphatic carbocycles. The van der Waals surface area contributed by atoms with E-state index in [1.54, 1.807) is 41.3 Å². The van der Waals surface area contributed by atoms with Crippen LogP contribution in [0.2, 0.25) is 20.1 Å². The van der Waals surface area contributed by atoms with Crippen LogP contribution in [0.25, 0.3) is 11.5 Å². The summed E-state index contributed by atoms with van der Waals surface area (Å²) >= 11 is 24.2. The molecular weight excluding hydrogens is 470 g/mol. The molecule has 1 fully saturated rings. The van der Waals surface area contributed by atoms with Gasteiger partial charge < -0.3 is 9.42 Å². The SMILES string of the molecule is O=C(c1cc(Cl)cc(Cl)c1)N1CCN(Cc2noc(-c3ccc(Cl)cc3Cl)n2)CC1. The average Bonchev–Trinajstić information content (AvgIpc) is 3.15. The molecule has 1 aromatic heterocycles. The first-order chi connectivity index (χ1) is 14.4. The Morgan fingerprint density at radius 1 is 0.933 bits per heavy atom. The highest BCUT2D eigenvalue weighted by Gasteiger charge is 2.24. The third-order valence-corrected chi connectivity index (χ3v) is 5.75. The summed E-state index contributed by atoms with van der Waals surface area (Å²) in [4.78, 5) is 21.1. The molecule has 1 amide bonds. The van der Waals surface area contributed by atoms with Crippen molar-refractivity contribution in [2.45, 2.75) is 6.54 Å². The van der Waals surface area contributed by atoms with Gasteiger partial charge in [0.1, 0.15) is 0 Å². The van der Waals surface area contributed by atoms with Crippen LogP contribution in [0.5, 0.6) is 0 Å². The van der Waals surface area contributed by atoms with Gasteiger partial charge in [-0.3, -0.25) is 9.69 Å². The number of amides is 1. The van der Waals surface area contributed by atoms with E-state index in [1.807, 2.05) is 0 Å². The van der Waals surface area contributed by atoms with Crippen molar-refractivity contribution < 1.29 is 9.32 Å². The molecule has 0 radical (unpaired) electrons. The smallest absolute Gasteiger partial charge is 0.259 e. The minimum atomic E-state index is -0.0849. The van der Waals surface area contributed by atoms with Gasteiger partial charge in [-0.05, 0) is 36.4 Å². The number of benzene rings is 2. The maximum atomic E-state index is 12.7. The predicted molar refractivity (Wildman–Crippen MR) is 117 cm³/mol. The summed E-state index contributed by atoms with van der Waals surface area (Å²) in [5.41, 5.74) is 1.12. The molecule has 1 aliphatic heterocycles. The first-order valence-corrected chi connectivity index (χ1v) is 10.7. The fraction of sp³-hybridized carbons (Fsp3) is 0.250. The van der Waals surface area contributed by atoms with Crippen molar-refractivity contribution in [2.75, 3.05) is 26.2 Å². The van der Waals surface area contributed by atoms with E-state index in [-0.39, 0.29) is 5.91 Å². The molecule has 0 bridgehead atoms. The number of piperazine rings is 1. The fourth-order valence-corrected chi connectivity index (χ4v) is 4.27. The lowest BCUT2D eigenvalue weighted by atomic mass is 10.2. The Kier molecular flexibility index (Phi) is 6.51. The van der Waals surface area contributed by atoms with E-state index in [9.17, 15) is 4.79 Å². The number of halogens is 4. The van der Waals surface area contributed by atoms with Crippen LogP contribution in [0, 0.1) is 0 Å². The van der Waals surface area contributed by atoms with E-state index in [0.29, 0.717) is 75.7 Å². The molecule has 4 rings (SSSR count). The van der Waals surface area contributed by atoms with Gasteiger partial charge in [0.25, 0.3) is 11.8 Å². The van der Waals surface area contributed by atoms with Crippen LogP contribution in [0.1, 0.15) is 16.2 Å². The van der Waals surface area contributed by atoms with Crippen LogP contribution >= 0.6 is 46.4 Å². The van der Waals surface area contributed by atoms with Crippen LogP contribution in [-0.2, 0) is 6.54 Å². The van der Waals surface area contributed by atoms with E-state index in [4.69, 9.17) is 50.9 Å². The Morgan fingerprint density at radius 2 is 1.63 bits per heavy atom. The van der Waals surface area contributed by atoms with Crippen molar-refractivity contribution in [3.63, 3.8) is 0 Å². The molecule has 0 unspecified atom stereocenters. The molecule has 156 valence electrons. The quantitative estimate of drug-likeness (QED) is 0.501. The molecule has 0 atom stereocenters. The van der Waals surface area contributed by atoms with Gasteiger partial charge in [0, 0.05) is 46.8 Å². The monoisotopic (exact) mass is 484 g/mol. The van der Waals surface area contributed by atoms with E-state index < -0.39 is 0 Å². The highest BCUT2D eigenvalue weighted by molar-refractivity contribution is 6.36. The topological polar surface area (TPSA) is 62.5 Å². The second-order valence-electron chi connectivity index (χ2n) is 6.87. The van der Waals surface area contributed by atoms with E-state index >= 15 is 0 Å². The number of carbonyl (C=O) groups is 1. The van der Waals surface area contributed by atoms with Crippen LogP contribution in [-0.4, -0.2) is 52.0 Å². The molecule has 0 saturated carbocycles. The Balaban J connectivity index is 1.36. The zero-order valence-electron chi connectivity index (χ0n) is 15.6. The first-order valence-electron chi connectivity index (χ1n) is 9.15. The molecule has 1 saturated heterocycles. The molecule has 2 heterocycles. The maximum Gasteiger partial charge on any atom is 0.259 e. The van der Waals surface area contributed by atoms with Gasteiger partial charge in [-0.1, -0.05) is 51.6 Å². The number of hydrogen-bond donors (Lipinski definition) is 0. The lowest BCUT2D eigenvalue weighted by molar-refractivity contribution is 0.0624. The minimum Gasteiger partial charge on any atom is -0.336 e. The van der Waals surface area contributed by atoms with Crippen LogP contribution < -0.4 is 0 Å². The summed E-state index contributed by atoms with van der Waals surface area (Å²) in [5.74, 6) is 0.814. The van der Waals surface area contributed by atoms with E-state index in [1.165, 1.54) is 0 Å². The number of hydrogen-bond acceptors (Lipinski definition) is 5. The number of aromatic nitrogens is 2. The predicted octanol–water partition coefficient (Wildman–Crippen LogP) is 5.31. The molecule has 30 heavy (non-hydrogen) atoms. The molecule has 3 aromatic rings. The van der Waals surface area contributed by atoms with Gasteiger partial charge in [-0.25, -0.2) is 0 Å². The minimum absolute atomic E-state index is 0.0849. The maximum absolute atomic E-state index is 12.7. The second-order valence-corrected chi connectivity index (χ2v) is 8.58. The van der Waals surface area contributed by atoms with Crippen molar-refractivity contribution in [3.05, 3.63) is 67.9 Å². The van der Waals surface area contributed by atoms with Crippen LogP contribution in [0.3, 0.4) is 0 Å². The second kappa shape index (κ2) is 9.12. The molecule has 6 nitrogen and oxygen atoms in total. The van der Waals surface area contributed by atoms with Gasteiger partial charge in [0.2, 0.25) is 0 Å². The molecular formula is C20H16Cl4N4O2. The van der Waals surface area contributed by atoms with Crippen molar-refractivity contribution in [1.82, 2.24) is 19.9 Å². The highest BCUT2D eigenvalue weighted by Crippen LogP contribution is 2.29. The Morgan fingerprint density at radius 3 is 2.30 bits per heavy atom. The summed E-state index contributed by atoms with van der Waals surface area (Å²) in [5, 5.41) is 5.92. The third-order valence-electron chi connectivity index (χ3n) is 4.76. The fourth-order valence-electron chi connectivity index (χ4n) is 3.26. The summed E-state index contributed by atoms with van der Waals surface area (Å²) in [6.07, 6.45) is 0. The largest absolute Gasteiger partial charge is 0.336 e. The van der Waals surface area contributed by atoms with E-state index in [2.05, 4.69) is 15.0 Å². The van der Waals surface area contributed by atoms with E-state index in [0.717, 1.165) is 0 Å². The summed E-state index contributed by atoms with van der Waals surface area (Å²) in [6.45, 7) is 3.05. The lowest BCUT2D eigenvalue weighted by Gasteiger charge is -2.34. The van der Waals surface area contributed by atoms with Crippen molar-refractivity contribution >= 4 is 52.3 Å². The zero-order chi connectivity index (χ0) is 21.3. The average molecular weight is 486 g/mol. The Hall–Kier alpha value is -1.83. The van der Waals surface area contributed by atoms with Gasteiger partial charge in [0.05, 0.1) is 17.1 Å². The summed E-state index contributed by atoms with van der Waals surface area (Å²) in [6, 6.07) is 9.96. The standard InChI is InChI=1S/C20H16Cl4N4O2/c21-13-1-2-16(17(24)10-13)19-25-18(26-30-19)11-27-3-5-28(6-4-27)20(29)12-7-14(22)9-15(23)8-12/h1-2,7-10H,3-6,11H2. The first kappa shape index (κ1) is 21.4. The summed E-state index contributed by atoms with van der Waals surface area (Å²) < 4.78 is 5.35. The third kappa shape index (κ3) is 4.90. The van der Waals surface area contributed by atoms with Gasteiger partial charge in [0.15, 0.2) is 5.82 Å². The van der Waals surface area contributed by atoms with Crippen molar-refractivity contribution in [2.24, 2.45) is 0 Å². The number of rotatable bonds is 4. The van der Waals surface area contributed by atoms with Crippen molar-refractivity contribution in [1.29, 1.82) is 0 Å². The Bertz CT molecular complexity index is 1060. The molecule has 0 N–H and O–H groups in total. The molecule has 10 heteroatoms. The Labute approximate surface area is 193 Å². The molecule has 1 aliphatic rings. The summed E-state index contributed by atoms with van der Waals surface area (Å²) in [7, 11) is 0. The van der Waals surface area contributed by atoms with Gasteiger partial charge in [-0.2, -0.15) is 4.98 Å². The zero-order valence-corrected chi connectivity index (χ0v) is 18.6. The van der Waals surface area contributed by atoms with Crippen LogP contribution in [0.15, 0.2) is 40.9 Å². The van der Waals surface area contributed by atoms with Gasteiger partial charge in [-0.15, -0.1) is 0 Å². The van der Waals surface area contributed by atoms with Crippen LogP contribution in [0.4, 0.5) is 0 Å².